The lowest BCUT2D eigenvalue weighted by molar-refractivity contribution is 0.229. The SMILES string of the molecule is CCCC/C=C/c1nccnc1N1CCN(CCN(C)C)CC1. The number of likely N-dealkylation sites (N-methyl/N-ethyl adjacent to an activating group) is 1. The van der Waals surface area contributed by atoms with Crippen molar-refractivity contribution in [2.75, 3.05) is 58.3 Å². The van der Waals surface area contributed by atoms with Crippen molar-refractivity contribution in [3.05, 3.63) is 24.2 Å². The Morgan fingerprint density at radius 2 is 1.87 bits per heavy atom. The fourth-order valence-electron chi connectivity index (χ4n) is 2.74. The molecule has 5 nitrogen and oxygen atoms in total. The molecule has 1 fully saturated rings. The highest BCUT2D eigenvalue weighted by molar-refractivity contribution is 5.60. The summed E-state index contributed by atoms with van der Waals surface area (Å²) in [5.74, 6) is 1.03. The quantitative estimate of drug-likeness (QED) is 0.688. The van der Waals surface area contributed by atoms with Crippen molar-refractivity contribution in [3.63, 3.8) is 0 Å². The van der Waals surface area contributed by atoms with Crippen LogP contribution in [-0.2, 0) is 0 Å². The summed E-state index contributed by atoms with van der Waals surface area (Å²) in [6, 6.07) is 0. The first-order valence-electron chi connectivity index (χ1n) is 8.80. The minimum atomic E-state index is 1.00. The van der Waals surface area contributed by atoms with E-state index in [0.717, 1.165) is 57.2 Å². The third-order valence-corrected chi connectivity index (χ3v) is 4.24. The summed E-state index contributed by atoms with van der Waals surface area (Å²) in [5, 5.41) is 0. The molecule has 2 rings (SSSR count). The van der Waals surface area contributed by atoms with Gasteiger partial charge in [-0.25, -0.2) is 4.98 Å². The highest BCUT2D eigenvalue weighted by Gasteiger charge is 2.19. The highest BCUT2D eigenvalue weighted by Crippen LogP contribution is 2.18. The summed E-state index contributed by atoms with van der Waals surface area (Å²) in [6.07, 6.45) is 11.5. The number of hydrogen-bond donors (Lipinski definition) is 0. The summed E-state index contributed by atoms with van der Waals surface area (Å²) in [5.41, 5.74) is 1.00. The molecule has 0 unspecified atom stereocenters. The molecule has 5 heteroatoms. The van der Waals surface area contributed by atoms with Crippen molar-refractivity contribution < 1.29 is 0 Å². The van der Waals surface area contributed by atoms with Gasteiger partial charge in [0.2, 0.25) is 0 Å². The van der Waals surface area contributed by atoms with Gasteiger partial charge >= 0.3 is 0 Å². The Morgan fingerprint density at radius 1 is 1.13 bits per heavy atom. The van der Waals surface area contributed by atoms with Gasteiger partial charge in [0.1, 0.15) is 5.69 Å². The summed E-state index contributed by atoms with van der Waals surface area (Å²) in [7, 11) is 4.26. The summed E-state index contributed by atoms with van der Waals surface area (Å²) < 4.78 is 0. The molecule has 128 valence electrons. The summed E-state index contributed by atoms with van der Waals surface area (Å²) in [6.45, 7) is 8.75. The van der Waals surface area contributed by atoms with E-state index < -0.39 is 0 Å². The molecule has 1 aliphatic rings. The van der Waals surface area contributed by atoms with Crippen LogP contribution in [0.4, 0.5) is 5.82 Å². The molecule has 2 heterocycles. The molecular formula is C18H31N5. The molecule has 0 aromatic carbocycles. The van der Waals surface area contributed by atoms with E-state index in [2.05, 4.69) is 57.8 Å². The Kier molecular flexibility index (Phi) is 7.49. The predicted molar refractivity (Wildman–Crippen MR) is 97.8 cm³/mol. The van der Waals surface area contributed by atoms with Gasteiger partial charge in [0, 0.05) is 51.7 Å². The van der Waals surface area contributed by atoms with Crippen molar-refractivity contribution in [2.45, 2.75) is 26.2 Å². The standard InChI is InChI=1S/C18H31N5/c1-4-5-6-7-8-17-18(20-10-9-19-17)23-15-13-22(14-16-23)12-11-21(2)3/h7-10H,4-6,11-16H2,1-3H3/b8-7+. The second kappa shape index (κ2) is 9.63. The van der Waals surface area contributed by atoms with E-state index in [4.69, 9.17) is 0 Å². The zero-order valence-corrected chi connectivity index (χ0v) is 14.9. The van der Waals surface area contributed by atoms with Crippen LogP contribution in [0.15, 0.2) is 18.5 Å². The van der Waals surface area contributed by atoms with Gasteiger partial charge in [-0.3, -0.25) is 9.88 Å². The van der Waals surface area contributed by atoms with Gasteiger partial charge in [-0.05, 0) is 26.6 Å². The Balaban J connectivity index is 1.91. The first-order chi connectivity index (χ1) is 11.2. The predicted octanol–water partition coefficient (Wildman–Crippen LogP) is 2.36. The fraction of sp³-hybridized carbons (Fsp3) is 0.667. The lowest BCUT2D eigenvalue weighted by Gasteiger charge is -2.36. The van der Waals surface area contributed by atoms with Crippen LogP contribution in [0.5, 0.6) is 0 Å². The number of rotatable bonds is 8. The van der Waals surface area contributed by atoms with E-state index in [9.17, 15) is 0 Å². The van der Waals surface area contributed by atoms with Gasteiger partial charge in [-0.1, -0.05) is 25.8 Å². The zero-order chi connectivity index (χ0) is 16.5. The third-order valence-electron chi connectivity index (χ3n) is 4.24. The molecule has 0 spiro atoms. The zero-order valence-electron chi connectivity index (χ0n) is 14.9. The van der Waals surface area contributed by atoms with Gasteiger partial charge < -0.3 is 9.80 Å². The monoisotopic (exact) mass is 317 g/mol. The van der Waals surface area contributed by atoms with Crippen molar-refractivity contribution >= 4 is 11.9 Å². The van der Waals surface area contributed by atoms with Crippen molar-refractivity contribution in [1.82, 2.24) is 19.8 Å². The molecule has 0 amide bonds. The molecular weight excluding hydrogens is 286 g/mol. The van der Waals surface area contributed by atoms with Crippen LogP contribution in [0.2, 0.25) is 0 Å². The highest BCUT2D eigenvalue weighted by atomic mass is 15.3. The maximum absolute atomic E-state index is 4.59. The average molecular weight is 317 g/mol. The molecule has 1 aromatic heterocycles. The van der Waals surface area contributed by atoms with Crippen LogP contribution in [0.3, 0.4) is 0 Å². The molecule has 0 atom stereocenters. The normalized spacial score (nSPS) is 16.6. The first kappa shape index (κ1) is 17.9. The molecule has 1 aromatic rings. The van der Waals surface area contributed by atoms with Crippen molar-refractivity contribution in [2.24, 2.45) is 0 Å². The maximum atomic E-state index is 4.59. The van der Waals surface area contributed by atoms with Crippen LogP contribution in [0.1, 0.15) is 31.9 Å². The Hall–Kier alpha value is -1.46. The van der Waals surface area contributed by atoms with E-state index in [-0.39, 0.29) is 0 Å². The van der Waals surface area contributed by atoms with Crippen LogP contribution in [-0.4, -0.2) is 73.1 Å². The van der Waals surface area contributed by atoms with E-state index in [0.29, 0.717) is 0 Å². The molecule has 23 heavy (non-hydrogen) atoms. The molecule has 1 saturated heterocycles. The van der Waals surface area contributed by atoms with Crippen molar-refractivity contribution in [1.29, 1.82) is 0 Å². The van der Waals surface area contributed by atoms with Gasteiger partial charge in [0.25, 0.3) is 0 Å². The first-order valence-corrected chi connectivity index (χ1v) is 8.80. The topological polar surface area (TPSA) is 35.5 Å². The molecule has 0 aliphatic carbocycles. The third kappa shape index (κ3) is 5.92. The summed E-state index contributed by atoms with van der Waals surface area (Å²) in [4.78, 5) is 16.3. The van der Waals surface area contributed by atoms with Crippen LogP contribution in [0, 0.1) is 0 Å². The number of aromatic nitrogens is 2. The smallest absolute Gasteiger partial charge is 0.154 e. The molecule has 0 saturated carbocycles. The van der Waals surface area contributed by atoms with Gasteiger partial charge in [0.05, 0.1) is 0 Å². The van der Waals surface area contributed by atoms with Crippen molar-refractivity contribution in [3.8, 4) is 0 Å². The Morgan fingerprint density at radius 3 is 2.57 bits per heavy atom. The van der Waals surface area contributed by atoms with E-state index >= 15 is 0 Å². The number of allylic oxidation sites excluding steroid dienone is 1. The maximum Gasteiger partial charge on any atom is 0.154 e. The number of piperazine rings is 1. The Labute approximate surface area is 141 Å². The minimum absolute atomic E-state index is 1.00. The molecule has 0 N–H and O–H groups in total. The van der Waals surface area contributed by atoms with Crippen LogP contribution < -0.4 is 4.90 Å². The number of nitrogens with zero attached hydrogens (tertiary/aromatic N) is 5. The Bertz CT molecular complexity index is 478. The van der Waals surface area contributed by atoms with Gasteiger partial charge in [0.15, 0.2) is 5.82 Å². The average Bonchev–Trinajstić information content (AvgIpc) is 2.58. The van der Waals surface area contributed by atoms with Gasteiger partial charge in [-0.15, -0.1) is 0 Å². The molecule has 0 radical (unpaired) electrons. The number of unbranched alkanes of at least 4 members (excludes halogenated alkanes) is 2. The largest absolute Gasteiger partial charge is 0.352 e. The number of anilines is 1. The lowest BCUT2D eigenvalue weighted by atomic mass is 10.2. The van der Waals surface area contributed by atoms with E-state index in [1.807, 2.05) is 0 Å². The fourth-order valence-corrected chi connectivity index (χ4v) is 2.74. The summed E-state index contributed by atoms with van der Waals surface area (Å²) >= 11 is 0. The van der Waals surface area contributed by atoms with Gasteiger partial charge in [-0.2, -0.15) is 0 Å². The second-order valence-electron chi connectivity index (χ2n) is 6.44. The number of hydrogen-bond acceptors (Lipinski definition) is 5. The minimum Gasteiger partial charge on any atom is -0.352 e. The van der Waals surface area contributed by atoms with E-state index in [1.165, 1.54) is 12.8 Å². The lowest BCUT2D eigenvalue weighted by Crippen LogP contribution is -2.48. The molecule has 0 bridgehead atoms. The van der Waals surface area contributed by atoms with Crippen LogP contribution >= 0.6 is 0 Å². The van der Waals surface area contributed by atoms with Crippen LogP contribution in [0.25, 0.3) is 6.08 Å². The van der Waals surface area contributed by atoms with E-state index in [1.54, 1.807) is 12.4 Å². The second-order valence-corrected chi connectivity index (χ2v) is 6.44. The molecule has 1 aliphatic heterocycles.